The number of Topliss-reactive ketones (excluding diaryl/α,β-unsaturated/α-hetero) is 1. The van der Waals surface area contributed by atoms with Crippen LogP contribution in [0.1, 0.15) is 16.8 Å². The summed E-state index contributed by atoms with van der Waals surface area (Å²) in [6.45, 7) is 0.681. The highest BCUT2D eigenvalue weighted by Crippen LogP contribution is 2.33. The Kier molecular flexibility index (Phi) is 3.12. The average molecular weight is 363 g/mol. The SMILES string of the molecule is O=C1CCn2c(-c3cccc(-c4ccc5cc[nH]c5c4)c3)nc3cccc1c32. The van der Waals surface area contributed by atoms with Crippen molar-refractivity contribution in [2.24, 2.45) is 0 Å². The van der Waals surface area contributed by atoms with Crippen LogP contribution in [0.3, 0.4) is 0 Å². The number of aryl methyl sites for hydroxylation is 1. The number of rotatable bonds is 2. The number of H-pyrrole nitrogens is 1. The lowest BCUT2D eigenvalue weighted by molar-refractivity contribution is 0.0973. The first-order chi connectivity index (χ1) is 13.8. The highest BCUT2D eigenvalue weighted by atomic mass is 16.1. The fraction of sp³-hybridized carbons (Fsp3) is 0.0833. The first kappa shape index (κ1) is 15.4. The number of nitrogens with one attached hydrogen (secondary N) is 1. The van der Waals surface area contributed by atoms with E-state index in [0.29, 0.717) is 13.0 Å². The van der Waals surface area contributed by atoms with Crippen molar-refractivity contribution in [2.45, 2.75) is 13.0 Å². The van der Waals surface area contributed by atoms with Crippen LogP contribution in [-0.4, -0.2) is 20.3 Å². The van der Waals surface area contributed by atoms with Crippen molar-refractivity contribution in [2.75, 3.05) is 0 Å². The van der Waals surface area contributed by atoms with Gasteiger partial charge in [-0.3, -0.25) is 4.79 Å². The Morgan fingerprint density at radius 1 is 0.893 bits per heavy atom. The van der Waals surface area contributed by atoms with Crippen molar-refractivity contribution in [1.29, 1.82) is 0 Å². The highest BCUT2D eigenvalue weighted by molar-refractivity contribution is 6.08. The number of hydrogen-bond acceptors (Lipinski definition) is 2. The van der Waals surface area contributed by atoms with E-state index in [0.717, 1.165) is 39.1 Å². The standard InChI is InChI=1S/C24H17N3O/c28-22-10-12-27-23-19(22)5-2-6-20(23)26-24(27)18-4-1-3-16(13-18)17-8-7-15-9-11-25-21(15)14-17/h1-9,11,13-14,25H,10,12H2. The molecule has 0 fully saturated rings. The molecule has 0 atom stereocenters. The second kappa shape index (κ2) is 5.67. The second-order valence-electron chi connectivity index (χ2n) is 7.29. The lowest BCUT2D eigenvalue weighted by atomic mass is 10.0. The van der Waals surface area contributed by atoms with Crippen molar-refractivity contribution >= 4 is 27.7 Å². The van der Waals surface area contributed by atoms with Crippen molar-refractivity contribution in [3.8, 4) is 22.5 Å². The first-order valence-electron chi connectivity index (χ1n) is 9.48. The van der Waals surface area contributed by atoms with Gasteiger partial charge >= 0.3 is 0 Å². The van der Waals surface area contributed by atoms with Gasteiger partial charge in [0.05, 0.1) is 11.0 Å². The quantitative estimate of drug-likeness (QED) is 0.454. The van der Waals surface area contributed by atoms with Gasteiger partial charge in [0.1, 0.15) is 5.82 Å². The van der Waals surface area contributed by atoms with Gasteiger partial charge < -0.3 is 9.55 Å². The van der Waals surface area contributed by atoms with Gasteiger partial charge in [-0.15, -0.1) is 0 Å². The summed E-state index contributed by atoms with van der Waals surface area (Å²) in [4.78, 5) is 20.4. The molecule has 28 heavy (non-hydrogen) atoms. The molecule has 5 aromatic rings. The maximum absolute atomic E-state index is 12.3. The molecule has 0 bridgehead atoms. The van der Waals surface area contributed by atoms with E-state index in [1.54, 1.807) is 0 Å². The zero-order valence-corrected chi connectivity index (χ0v) is 15.1. The predicted octanol–water partition coefficient (Wildman–Crippen LogP) is 5.44. The molecule has 0 amide bonds. The van der Waals surface area contributed by atoms with Crippen LogP contribution in [0.15, 0.2) is 72.9 Å². The Morgan fingerprint density at radius 3 is 2.71 bits per heavy atom. The fourth-order valence-corrected chi connectivity index (χ4v) is 4.26. The van der Waals surface area contributed by atoms with Crippen LogP contribution >= 0.6 is 0 Å². The van der Waals surface area contributed by atoms with Gasteiger partial charge in [-0.1, -0.05) is 36.4 Å². The normalized spacial score (nSPS) is 13.5. The highest BCUT2D eigenvalue weighted by Gasteiger charge is 2.23. The molecule has 3 aromatic carbocycles. The molecule has 0 saturated carbocycles. The van der Waals surface area contributed by atoms with Crippen LogP contribution in [-0.2, 0) is 6.54 Å². The Morgan fingerprint density at radius 2 is 1.75 bits per heavy atom. The number of imidazole rings is 1. The van der Waals surface area contributed by atoms with E-state index in [-0.39, 0.29) is 5.78 Å². The van der Waals surface area contributed by atoms with E-state index in [1.165, 1.54) is 10.9 Å². The number of hydrogen-bond donors (Lipinski definition) is 1. The molecule has 0 aliphatic carbocycles. The van der Waals surface area contributed by atoms with Gasteiger partial charge in [-0.25, -0.2) is 4.98 Å². The van der Waals surface area contributed by atoms with Crippen LogP contribution < -0.4 is 0 Å². The molecule has 1 N–H and O–H groups in total. The molecule has 3 heterocycles. The van der Waals surface area contributed by atoms with Crippen LogP contribution in [0.25, 0.3) is 44.5 Å². The zero-order chi connectivity index (χ0) is 18.7. The van der Waals surface area contributed by atoms with Gasteiger partial charge in [-0.05, 0) is 46.8 Å². The Balaban J connectivity index is 1.53. The van der Waals surface area contributed by atoms with Gasteiger partial charge in [0.15, 0.2) is 5.78 Å². The van der Waals surface area contributed by atoms with E-state index in [4.69, 9.17) is 4.98 Å². The van der Waals surface area contributed by atoms with Crippen LogP contribution in [0, 0.1) is 0 Å². The molecule has 134 valence electrons. The van der Waals surface area contributed by atoms with Gasteiger partial charge in [0.25, 0.3) is 0 Å². The number of benzene rings is 3. The second-order valence-corrected chi connectivity index (χ2v) is 7.29. The fourth-order valence-electron chi connectivity index (χ4n) is 4.26. The molecule has 2 aromatic heterocycles. The summed E-state index contributed by atoms with van der Waals surface area (Å²) >= 11 is 0. The van der Waals surface area contributed by atoms with E-state index >= 15 is 0 Å². The molecular formula is C24H17N3O. The third-order valence-corrected chi connectivity index (χ3v) is 5.64. The summed E-state index contributed by atoms with van der Waals surface area (Å²) in [5.41, 5.74) is 7.17. The third kappa shape index (κ3) is 2.18. The molecule has 0 unspecified atom stereocenters. The van der Waals surface area contributed by atoms with Crippen molar-refractivity contribution in [3.63, 3.8) is 0 Å². The molecule has 1 aliphatic heterocycles. The first-order valence-corrected chi connectivity index (χ1v) is 9.48. The van der Waals surface area contributed by atoms with Crippen molar-refractivity contribution in [3.05, 3.63) is 78.5 Å². The smallest absolute Gasteiger partial charge is 0.166 e. The van der Waals surface area contributed by atoms with E-state index < -0.39 is 0 Å². The molecule has 6 rings (SSSR count). The number of aromatic nitrogens is 3. The maximum atomic E-state index is 12.3. The topological polar surface area (TPSA) is 50.7 Å². The average Bonchev–Trinajstić information content (AvgIpc) is 3.35. The van der Waals surface area contributed by atoms with Gasteiger partial charge in [0, 0.05) is 35.8 Å². The minimum atomic E-state index is 0.206. The van der Waals surface area contributed by atoms with Gasteiger partial charge in [-0.2, -0.15) is 0 Å². The van der Waals surface area contributed by atoms with Crippen molar-refractivity contribution < 1.29 is 4.79 Å². The summed E-state index contributed by atoms with van der Waals surface area (Å²) in [6, 6.07) is 22.8. The third-order valence-electron chi connectivity index (χ3n) is 5.64. The summed E-state index contributed by atoms with van der Waals surface area (Å²) in [5.74, 6) is 1.13. The van der Waals surface area contributed by atoms with Crippen LogP contribution in [0.2, 0.25) is 0 Å². The zero-order valence-electron chi connectivity index (χ0n) is 15.1. The molecule has 0 saturated heterocycles. The minimum absolute atomic E-state index is 0.206. The Labute approximate surface area is 161 Å². The monoisotopic (exact) mass is 363 g/mol. The molecule has 0 spiro atoms. The summed E-state index contributed by atoms with van der Waals surface area (Å²) in [5, 5.41) is 1.21. The molecule has 1 aliphatic rings. The number of ketones is 1. The van der Waals surface area contributed by atoms with Gasteiger partial charge in [0.2, 0.25) is 0 Å². The summed E-state index contributed by atoms with van der Waals surface area (Å²) < 4.78 is 2.19. The number of aromatic amines is 1. The number of nitrogens with zero attached hydrogens (tertiary/aromatic N) is 2. The van der Waals surface area contributed by atoms with Crippen LogP contribution in [0.5, 0.6) is 0 Å². The lowest BCUT2D eigenvalue weighted by Crippen LogP contribution is -2.14. The van der Waals surface area contributed by atoms with E-state index in [2.05, 4.69) is 58.1 Å². The van der Waals surface area contributed by atoms with Crippen LogP contribution in [0.4, 0.5) is 0 Å². The lowest BCUT2D eigenvalue weighted by Gasteiger charge is -2.16. The largest absolute Gasteiger partial charge is 0.361 e. The Bertz CT molecular complexity index is 1390. The predicted molar refractivity (Wildman–Crippen MR) is 111 cm³/mol. The van der Waals surface area contributed by atoms with E-state index in [1.807, 2.05) is 24.4 Å². The number of para-hydroxylation sites is 1. The number of carbonyl (C=O) groups excluding carboxylic acids is 1. The summed E-state index contributed by atoms with van der Waals surface area (Å²) in [6.07, 6.45) is 2.49. The molecule has 4 heteroatoms. The maximum Gasteiger partial charge on any atom is 0.166 e. The molecule has 4 nitrogen and oxygen atoms in total. The van der Waals surface area contributed by atoms with Crippen molar-refractivity contribution in [1.82, 2.24) is 14.5 Å². The van der Waals surface area contributed by atoms with E-state index in [9.17, 15) is 4.79 Å². The molecular weight excluding hydrogens is 346 g/mol. The Hall–Kier alpha value is -3.66. The number of fused-ring (bicyclic) bond motifs is 1. The number of carbonyl (C=O) groups is 1. The molecule has 0 radical (unpaired) electrons. The summed E-state index contributed by atoms with van der Waals surface area (Å²) in [7, 11) is 0. The minimum Gasteiger partial charge on any atom is -0.361 e.